The van der Waals surface area contributed by atoms with Crippen LogP contribution in [-0.4, -0.2) is 41.3 Å². The first-order chi connectivity index (χ1) is 16.9. The molecule has 0 aromatic heterocycles. The fourth-order valence-electron chi connectivity index (χ4n) is 5.64. The number of aliphatic carboxylic acids is 1. The molecule has 186 valence electrons. The standard InChI is InChI=1S/C28H34N2O5/c1-3-28(4-2,26(33)29-24-15-9-10-18(24)16-25(31)32)30-27(34)35-17-23-21-13-7-5-11-19(21)20-12-6-8-14-22(20)23/h5-8,11-14,18,23-24H,3-4,9-10,15-17H2,1-2H3,(H,29,33)(H,30,34)(H,31,32)/t18-,24+/m0/s1. The zero-order valence-corrected chi connectivity index (χ0v) is 20.4. The molecule has 35 heavy (non-hydrogen) atoms. The highest BCUT2D eigenvalue weighted by Crippen LogP contribution is 2.44. The van der Waals surface area contributed by atoms with Gasteiger partial charge in [0.1, 0.15) is 12.1 Å². The van der Waals surface area contributed by atoms with Crippen molar-refractivity contribution in [1.29, 1.82) is 0 Å². The highest BCUT2D eigenvalue weighted by atomic mass is 16.5. The van der Waals surface area contributed by atoms with Gasteiger partial charge in [-0.15, -0.1) is 0 Å². The van der Waals surface area contributed by atoms with E-state index in [0.29, 0.717) is 12.8 Å². The summed E-state index contributed by atoms with van der Waals surface area (Å²) in [5.74, 6) is -1.28. The van der Waals surface area contributed by atoms with E-state index < -0.39 is 17.6 Å². The number of hydrogen-bond donors (Lipinski definition) is 3. The Morgan fingerprint density at radius 1 is 0.971 bits per heavy atom. The smallest absolute Gasteiger partial charge is 0.408 e. The summed E-state index contributed by atoms with van der Waals surface area (Å²) in [5.41, 5.74) is 3.45. The minimum atomic E-state index is -1.11. The summed E-state index contributed by atoms with van der Waals surface area (Å²) in [7, 11) is 0. The lowest BCUT2D eigenvalue weighted by molar-refractivity contribution is -0.138. The van der Waals surface area contributed by atoms with Crippen molar-refractivity contribution in [2.75, 3.05) is 6.61 Å². The van der Waals surface area contributed by atoms with Gasteiger partial charge < -0.3 is 20.5 Å². The average molecular weight is 479 g/mol. The Labute approximate surface area is 206 Å². The van der Waals surface area contributed by atoms with E-state index in [0.717, 1.165) is 41.5 Å². The predicted octanol–water partition coefficient (Wildman–Crippen LogP) is 4.84. The number of rotatable bonds is 9. The van der Waals surface area contributed by atoms with Crippen LogP contribution >= 0.6 is 0 Å². The lowest BCUT2D eigenvalue weighted by Crippen LogP contribution is -2.60. The van der Waals surface area contributed by atoms with Gasteiger partial charge in [0, 0.05) is 12.0 Å². The first-order valence-electron chi connectivity index (χ1n) is 12.5. The Bertz CT molecular complexity index is 1050. The maximum absolute atomic E-state index is 13.3. The minimum Gasteiger partial charge on any atom is -0.481 e. The van der Waals surface area contributed by atoms with Crippen LogP contribution in [0.15, 0.2) is 48.5 Å². The molecule has 0 heterocycles. The fraction of sp³-hybridized carbons (Fsp3) is 0.464. The molecule has 0 unspecified atom stereocenters. The molecule has 1 saturated carbocycles. The van der Waals surface area contributed by atoms with Crippen molar-refractivity contribution in [3.8, 4) is 11.1 Å². The van der Waals surface area contributed by atoms with Crippen LogP contribution in [0.3, 0.4) is 0 Å². The van der Waals surface area contributed by atoms with Gasteiger partial charge in [-0.3, -0.25) is 9.59 Å². The third-order valence-corrected chi connectivity index (χ3v) is 7.74. The normalized spacial score (nSPS) is 19.0. The minimum absolute atomic E-state index is 0.0377. The molecule has 0 aliphatic heterocycles. The lowest BCUT2D eigenvalue weighted by Gasteiger charge is -2.33. The van der Waals surface area contributed by atoms with Crippen LogP contribution in [-0.2, 0) is 14.3 Å². The van der Waals surface area contributed by atoms with Gasteiger partial charge in [0.2, 0.25) is 5.91 Å². The molecule has 1 fully saturated rings. The van der Waals surface area contributed by atoms with E-state index in [4.69, 9.17) is 4.74 Å². The van der Waals surface area contributed by atoms with Gasteiger partial charge in [0.25, 0.3) is 0 Å². The quantitative estimate of drug-likeness (QED) is 0.478. The number of carbonyl (C=O) groups excluding carboxylic acids is 2. The maximum atomic E-state index is 13.3. The van der Waals surface area contributed by atoms with Gasteiger partial charge in [-0.2, -0.15) is 0 Å². The number of carboxylic acid groups (broad SMARTS) is 1. The lowest BCUT2D eigenvalue weighted by atomic mass is 9.90. The number of carboxylic acids is 1. The van der Waals surface area contributed by atoms with Gasteiger partial charge in [-0.05, 0) is 53.9 Å². The van der Waals surface area contributed by atoms with Crippen molar-refractivity contribution in [3.05, 3.63) is 59.7 Å². The van der Waals surface area contributed by atoms with E-state index >= 15 is 0 Å². The molecule has 0 radical (unpaired) electrons. The molecular weight excluding hydrogens is 444 g/mol. The van der Waals surface area contributed by atoms with E-state index in [2.05, 4.69) is 34.9 Å². The number of carbonyl (C=O) groups is 3. The second-order valence-electron chi connectivity index (χ2n) is 9.61. The third-order valence-electron chi connectivity index (χ3n) is 7.74. The van der Waals surface area contributed by atoms with Gasteiger partial charge in [0.15, 0.2) is 0 Å². The molecule has 0 spiro atoms. The Balaban J connectivity index is 1.42. The number of fused-ring (bicyclic) bond motifs is 3. The zero-order chi connectivity index (χ0) is 25.0. The highest BCUT2D eigenvalue weighted by molar-refractivity contribution is 5.90. The second kappa shape index (κ2) is 10.5. The van der Waals surface area contributed by atoms with Crippen molar-refractivity contribution in [1.82, 2.24) is 10.6 Å². The molecule has 3 N–H and O–H groups in total. The topological polar surface area (TPSA) is 105 Å². The van der Waals surface area contributed by atoms with Crippen molar-refractivity contribution in [3.63, 3.8) is 0 Å². The summed E-state index contributed by atoms with van der Waals surface area (Å²) in [6.07, 6.45) is 2.62. The van der Waals surface area contributed by atoms with E-state index in [9.17, 15) is 19.5 Å². The molecular formula is C28H34N2O5. The summed E-state index contributed by atoms with van der Waals surface area (Å²) >= 11 is 0. The molecule has 2 aliphatic carbocycles. The molecule has 2 aromatic carbocycles. The number of alkyl carbamates (subject to hydrolysis) is 1. The monoisotopic (exact) mass is 478 g/mol. The van der Waals surface area contributed by atoms with Crippen LogP contribution in [0, 0.1) is 5.92 Å². The summed E-state index contributed by atoms with van der Waals surface area (Å²) in [6, 6.07) is 16.1. The first kappa shape index (κ1) is 24.8. The number of ether oxygens (including phenoxy) is 1. The van der Waals surface area contributed by atoms with Crippen LogP contribution in [0.4, 0.5) is 4.79 Å². The second-order valence-corrected chi connectivity index (χ2v) is 9.61. The first-order valence-corrected chi connectivity index (χ1v) is 12.5. The van der Waals surface area contributed by atoms with Crippen LogP contribution < -0.4 is 10.6 Å². The molecule has 0 saturated heterocycles. The number of nitrogens with one attached hydrogen (secondary N) is 2. The SMILES string of the molecule is CCC(CC)(NC(=O)OCC1c2ccccc2-c2ccccc21)C(=O)N[C@@H]1CCC[C@H]1CC(=O)O. The van der Waals surface area contributed by atoms with Crippen LogP contribution in [0.5, 0.6) is 0 Å². The van der Waals surface area contributed by atoms with Crippen LogP contribution in [0.25, 0.3) is 11.1 Å². The van der Waals surface area contributed by atoms with Crippen molar-refractivity contribution in [2.24, 2.45) is 5.92 Å². The van der Waals surface area contributed by atoms with E-state index in [1.807, 2.05) is 38.1 Å². The molecule has 2 aliphatic rings. The molecule has 2 atom stereocenters. The molecule has 7 heteroatoms. The molecule has 7 nitrogen and oxygen atoms in total. The van der Waals surface area contributed by atoms with E-state index in [1.165, 1.54) is 0 Å². The highest BCUT2D eigenvalue weighted by Gasteiger charge is 2.40. The van der Waals surface area contributed by atoms with Gasteiger partial charge in [-0.25, -0.2) is 4.79 Å². The summed E-state index contributed by atoms with van der Waals surface area (Å²) in [6.45, 7) is 3.89. The largest absolute Gasteiger partial charge is 0.481 e. The third kappa shape index (κ3) is 5.04. The predicted molar refractivity (Wildman–Crippen MR) is 133 cm³/mol. The van der Waals surface area contributed by atoms with Gasteiger partial charge in [-0.1, -0.05) is 68.8 Å². The van der Waals surface area contributed by atoms with Gasteiger partial charge >= 0.3 is 12.1 Å². The van der Waals surface area contributed by atoms with Crippen molar-refractivity contribution in [2.45, 2.75) is 69.9 Å². The summed E-state index contributed by atoms with van der Waals surface area (Å²) in [5, 5.41) is 15.1. The van der Waals surface area contributed by atoms with Crippen molar-refractivity contribution < 1.29 is 24.2 Å². The zero-order valence-electron chi connectivity index (χ0n) is 20.4. The number of amides is 2. The number of benzene rings is 2. The molecule has 2 aromatic rings. The fourth-order valence-corrected chi connectivity index (χ4v) is 5.64. The van der Waals surface area contributed by atoms with E-state index in [-0.39, 0.29) is 36.8 Å². The van der Waals surface area contributed by atoms with Crippen LogP contribution in [0.2, 0.25) is 0 Å². The Morgan fingerprint density at radius 3 is 2.14 bits per heavy atom. The molecule has 0 bridgehead atoms. The maximum Gasteiger partial charge on any atom is 0.408 e. The van der Waals surface area contributed by atoms with Gasteiger partial charge in [0.05, 0.1) is 6.42 Å². The Hall–Kier alpha value is -3.35. The van der Waals surface area contributed by atoms with E-state index in [1.54, 1.807) is 0 Å². The molecule has 2 amide bonds. The van der Waals surface area contributed by atoms with Crippen molar-refractivity contribution >= 4 is 18.0 Å². The Morgan fingerprint density at radius 2 is 1.57 bits per heavy atom. The average Bonchev–Trinajstić information content (AvgIpc) is 3.42. The summed E-state index contributed by atoms with van der Waals surface area (Å²) < 4.78 is 5.69. The Kier molecular flexibility index (Phi) is 7.43. The molecule has 4 rings (SSSR count). The van der Waals surface area contributed by atoms with Crippen LogP contribution in [0.1, 0.15) is 69.4 Å². The summed E-state index contributed by atoms with van der Waals surface area (Å²) in [4.78, 5) is 37.4. The number of hydrogen-bond acceptors (Lipinski definition) is 4.